The van der Waals surface area contributed by atoms with Crippen molar-refractivity contribution >= 4 is 0 Å². The quantitative estimate of drug-likeness (QED) is 0.575. The zero-order chi connectivity index (χ0) is 10.5. The first-order valence-electron chi connectivity index (χ1n) is 4.91. The van der Waals surface area contributed by atoms with Gasteiger partial charge in [0.15, 0.2) is 0 Å². The van der Waals surface area contributed by atoms with Gasteiger partial charge >= 0.3 is 0 Å². The van der Waals surface area contributed by atoms with Gasteiger partial charge in [0.25, 0.3) is 0 Å². The summed E-state index contributed by atoms with van der Waals surface area (Å²) < 4.78 is 0. The summed E-state index contributed by atoms with van der Waals surface area (Å²) in [6.45, 7) is 19.4. The standard InChI is InChI=1S/C12H21N/c1-10(11(2)9-13-6)7-8-12(3,4)5/h8-11H,7H2,1-5H3/q-2/t10?,11-/m0/s1. The van der Waals surface area contributed by atoms with Crippen molar-refractivity contribution in [2.75, 3.05) is 0 Å². The molecule has 0 aromatic rings. The first-order valence-corrected chi connectivity index (χ1v) is 4.91. The Kier molecular flexibility index (Phi) is 4.91. The summed E-state index contributed by atoms with van der Waals surface area (Å²) in [7, 11) is 0. The van der Waals surface area contributed by atoms with Crippen LogP contribution in [0.15, 0.2) is 0 Å². The predicted molar refractivity (Wildman–Crippen MR) is 57.6 cm³/mol. The summed E-state index contributed by atoms with van der Waals surface area (Å²) in [4.78, 5) is 3.31. The lowest BCUT2D eigenvalue weighted by Crippen LogP contribution is -2.13. The molecule has 1 heteroatoms. The van der Waals surface area contributed by atoms with Crippen LogP contribution in [0.2, 0.25) is 0 Å². The van der Waals surface area contributed by atoms with Crippen molar-refractivity contribution in [2.24, 2.45) is 17.3 Å². The lowest BCUT2D eigenvalue weighted by atomic mass is 9.83. The van der Waals surface area contributed by atoms with Gasteiger partial charge in [-0.25, -0.2) is 0 Å². The fourth-order valence-corrected chi connectivity index (χ4v) is 1.02. The summed E-state index contributed by atoms with van der Waals surface area (Å²) in [6.07, 6.45) is 3.43. The van der Waals surface area contributed by atoms with Gasteiger partial charge in [-0.15, -0.1) is 0 Å². The third kappa shape index (κ3) is 6.51. The molecule has 0 aliphatic carbocycles. The molecule has 0 N–H and O–H groups in total. The zero-order valence-electron chi connectivity index (χ0n) is 9.46. The summed E-state index contributed by atoms with van der Waals surface area (Å²) in [6, 6.07) is 0. The maximum Gasteiger partial charge on any atom is -0.0381 e. The van der Waals surface area contributed by atoms with Gasteiger partial charge in [0.1, 0.15) is 0 Å². The summed E-state index contributed by atoms with van der Waals surface area (Å²) >= 11 is 0. The first-order chi connectivity index (χ1) is 5.87. The molecular weight excluding hydrogens is 158 g/mol. The highest BCUT2D eigenvalue weighted by Crippen LogP contribution is 2.26. The maximum absolute atomic E-state index is 6.74. The van der Waals surface area contributed by atoms with E-state index in [0.29, 0.717) is 17.3 Å². The monoisotopic (exact) mass is 179 g/mol. The SMILES string of the molecule is [C-]#[N+][CH-][C@H](C)C(C)C[CH-]C(C)(C)C. The van der Waals surface area contributed by atoms with Gasteiger partial charge < -0.3 is 11.3 Å². The van der Waals surface area contributed by atoms with Gasteiger partial charge in [-0.05, 0) is 6.54 Å². The molecule has 0 aliphatic rings. The molecule has 0 spiro atoms. The number of nitrogens with zero attached hydrogens (tertiary/aromatic N) is 1. The van der Waals surface area contributed by atoms with E-state index in [2.05, 4.69) is 45.9 Å². The van der Waals surface area contributed by atoms with E-state index < -0.39 is 0 Å². The number of rotatable bonds is 4. The van der Waals surface area contributed by atoms with Crippen LogP contribution in [0.5, 0.6) is 0 Å². The van der Waals surface area contributed by atoms with Crippen molar-refractivity contribution in [3.05, 3.63) is 24.4 Å². The molecule has 0 aliphatic heterocycles. The largest absolute Gasteiger partial charge is 0.461 e. The molecule has 0 aromatic carbocycles. The van der Waals surface area contributed by atoms with Gasteiger partial charge in [0.2, 0.25) is 0 Å². The van der Waals surface area contributed by atoms with Crippen LogP contribution >= 0.6 is 0 Å². The van der Waals surface area contributed by atoms with E-state index in [1.54, 1.807) is 6.54 Å². The molecule has 0 aromatic heterocycles. The molecule has 0 amide bonds. The number of hydrogen-bond acceptors (Lipinski definition) is 0. The molecular formula is C12H21N-2. The second-order valence-electron chi connectivity index (χ2n) is 4.92. The van der Waals surface area contributed by atoms with Gasteiger partial charge in [-0.3, -0.25) is 6.57 Å². The van der Waals surface area contributed by atoms with Crippen LogP contribution in [-0.4, -0.2) is 0 Å². The zero-order valence-corrected chi connectivity index (χ0v) is 9.46. The van der Waals surface area contributed by atoms with Crippen LogP contribution in [0, 0.1) is 36.8 Å². The van der Waals surface area contributed by atoms with Gasteiger partial charge in [0.05, 0.1) is 0 Å². The highest BCUT2D eigenvalue weighted by Gasteiger charge is 2.06. The Hall–Kier alpha value is -0.640. The first kappa shape index (κ1) is 12.4. The van der Waals surface area contributed by atoms with E-state index >= 15 is 0 Å². The molecule has 0 rings (SSSR count). The Morgan fingerprint density at radius 3 is 2.23 bits per heavy atom. The molecule has 13 heavy (non-hydrogen) atoms. The molecule has 1 unspecified atom stereocenters. The average molecular weight is 179 g/mol. The normalized spacial score (nSPS) is 16.0. The minimum absolute atomic E-state index is 0.298. The van der Waals surface area contributed by atoms with Crippen molar-refractivity contribution in [1.82, 2.24) is 0 Å². The minimum Gasteiger partial charge on any atom is -0.461 e. The van der Waals surface area contributed by atoms with E-state index in [0.717, 1.165) is 6.42 Å². The van der Waals surface area contributed by atoms with Crippen LogP contribution in [0.4, 0.5) is 0 Å². The molecule has 1 nitrogen and oxygen atoms in total. The molecule has 0 fully saturated rings. The highest BCUT2D eigenvalue weighted by molar-refractivity contribution is 4.89. The maximum atomic E-state index is 6.74. The van der Waals surface area contributed by atoms with Crippen molar-refractivity contribution in [2.45, 2.75) is 41.0 Å². The minimum atomic E-state index is 0.298. The number of hydrogen-bond donors (Lipinski definition) is 0. The summed E-state index contributed by atoms with van der Waals surface area (Å²) in [5.41, 5.74) is 0.298. The fourth-order valence-electron chi connectivity index (χ4n) is 1.02. The molecule has 0 radical (unpaired) electrons. The van der Waals surface area contributed by atoms with E-state index in [9.17, 15) is 0 Å². The second kappa shape index (κ2) is 5.17. The lowest BCUT2D eigenvalue weighted by molar-refractivity contribution is 0.381. The third-order valence-electron chi connectivity index (χ3n) is 2.31. The second-order valence-corrected chi connectivity index (χ2v) is 4.92. The predicted octanol–water partition coefficient (Wildman–Crippen LogP) is 3.98. The molecule has 2 atom stereocenters. The van der Waals surface area contributed by atoms with Crippen molar-refractivity contribution in [1.29, 1.82) is 0 Å². The summed E-state index contributed by atoms with van der Waals surface area (Å²) in [5.74, 6) is 0.976. The Bertz CT molecular complexity index is 171. The molecule has 0 heterocycles. The van der Waals surface area contributed by atoms with Crippen LogP contribution in [0.1, 0.15) is 41.0 Å². The van der Waals surface area contributed by atoms with E-state index in [4.69, 9.17) is 6.57 Å². The lowest BCUT2D eigenvalue weighted by Gasteiger charge is -2.34. The van der Waals surface area contributed by atoms with Gasteiger partial charge in [0, 0.05) is 0 Å². The topological polar surface area (TPSA) is 4.36 Å². The fraction of sp³-hybridized carbons (Fsp3) is 0.750. The molecule has 0 saturated heterocycles. The van der Waals surface area contributed by atoms with Crippen LogP contribution < -0.4 is 0 Å². The highest BCUT2D eigenvalue weighted by atomic mass is 14.6. The van der Waals surface area contributed by atoms with Crippen molar-refractivity contribution in [3.8, 4) is 0 Å². The summed E-state index contributed by atoms with van der Waals surface area (Å²) in [5, 5.41) is 0. The van der Waals surface area contributed by atoms with Gasteiger partial charge in [-0.1, -0.05) is 46.5 Å². The Morgan fingerprint density at radius 2 is 1.85 bits per heavy atom. The van der Waals surface area contributed by atoms with E-state index in [1.165, 1.54) is 0 Å². The van der Waals surface area contributed by atoms with Gasteiger partial charge in [-0.2, -0.15) is 11.8 Å². The molecule has 76 valence electrons. The smallest absolute Gasteiger partial charge is 0.0381 e. The van der Waals surface area contributed by atoms with Crippen LogP contribution in [-0.2, 0) is 0 Å². The third-order valence-corrected chi connectivity index (χ3v) is 2.31. The van der Waals surface area contributed by atoms with E-state index in [1.807, 2.05) is 0 Å². The average Bonchev–Trinajstić information content (AvgIpc) is 1.99. The molecule has 0 bridgehead atoms. The van der Waals surface area contributed by atoms with E-state index in [-0.39, 0.29) is 0 Å². The van der Waals surface area contributed by atoms with Crippen molar-refractivity contribution in [3.63, 3.8) is 0 Å². The Labute approximate surface area is 83.4 Å². The van der Waals surface area contributed by atoms with Crippen molar-refractivity contribution < 1.29 is 0 Å². The Balaban J connectivity index is 3.75. The molecule has 0 saturated carbocycles. The Morgan fingerprint density at radius 1 is 1.31 bits per heavy atom. The van der Waals surface area contributed by atoms with Crippen LogP contribution in [0.3, 0.4) is 0 Å². The van der Waals surface area contributed by atoms with Crippen LogP contribution in [0.25, 0.3) is 4.85 Å².